The van der Waals surface area contributed by atoms with E-state index in [1.54, 1.807) is 69.2 Å². The van der Waals surface area contributed by atoms with Crippen LogP contribution in [-0.4, -0.2) is 246 Å². The minimum absolute atomic E-state index is 0.0139. The van der Waals surface area contributed by atoms with E-state index in [9.17, 15) is 106 Å². The molecule has 149 heavy (non-hydrogen) atoms. The van der Waals surface area contributed by atoms with Crippen LogP contribution in [0.1, 0.15) is 333 Å². The van der Waals surface area contributed by atoms with Crippen molar-refractivity contribution >= 4 is 117 Å². The minimum Gasteiger partial charge on any atom is -0.460 e. The maximum Gasteiger partial charge on any atom is 0.331 e. The molecule has 0 aromatic rings. The molecule has 0 aromatic heterocycles. The summed E-state index contributed by atoms with van der Waals surface area (Å²) in [5.41, 5.74) is 35.8. The van der Waals surface area contributed by atoms with Crippen LogP contribution in [0.15, 0.2) is 0 Å². The highest BCUT2D eigenvalue weighted by Crippen LogP contribution is 2.32. The SMILES string of the molecule is CCC(C)C1CC(=O)CC(CCN)C(=O)N[C@@H](C(C)C)C(=O)CC(CCN)C(=O)NC(C(C)CC)C(=O)NC(CC(C)C)C(=O)CC(CCN)C(=O)NC(C(C)C)C(=O)CC(CC(C)C)C(=O)NC(CO)C(=O)O1.CCC(C)C1CC(=O)CC(CCN)C(=O)N[C@@H]([C@H](C)CC)C(=O)CC(CCN)C(=O)NC(C(C)CC)C(=O)CC(CC(C)C)C(=O)CC(CCN)C(=O)NC(C(C)C)C(=O)CC(CC(C)C)C(=O)NC(CO)C(=O)O1. The number of carbonyl (C=O) groups is 20. The summed E-state index contributed by atoms with van der Waals surface area (Å²) < 4.78 is 11.7. The first-order valence-corrected chi connectivity index (χ1v) is 55.2. The quantitative estimate of drug-likeness (QED) is 0.0297. The molecule has 2 aliphatic heterocycles. The van der Waals surface area contributed by atoms with Crippen LogP contribution in [-0.2, 0) is 105 Å². The van der Waals surface area contributed by atoms with E-state index in [2.05, 4.69) is 47.9 Å². The number of ether oxygens (including phenoxy) is 2. The van der Waals surface area contributed by atoms with Crippen LogP contribution < -0.4 is 82.3 Å². The van der Waals surface area contributed by atoms with E-state index in [4.69, 9.17) is 43.9 Å². The van der Waals surface area contributed by atoms with Gasteiger partial charge in [0.25, 0.3) is 0 Å². The molecule has 0 aromatic carbocycles. The number of rotatable bonds is 35. The number of amides is 9. The van der Waals surface area contributed by atoms with Gasteiger partial charge in [0.1, 0.15) is 35.6 Å². The Kier molecular flexibility index (Phi) is 66.4. The van der Waals surface area contributed by atoms with Gasteiger partial charge < -0.3 is 102 Å². The zero-order valence-corrected chi connectivity index (χ0v) is 94.4. The van der Waals surface area contributed by atoms with Gasteiger partial charge in [-0.2, -0.15) is 0 Å². The molecule has 23 N–H and O–H groups in total. The predicted octanol–water partition coefficient (Wildman–Crippen LogP) is 6.61. The van der Waals surface area contributed by atoms with Gasteiger partial charge in [-0.1, -0.05) is 198 Å². The lowest BCUT2D eigenvalue weighted by atomic mass is 9.81. The van der Waals surface area contributed by atoms with E-state index >= 15 is 0 Å². The van der Waals surface area contributed by atoms with Crippen LogP contribution in [0, 0.1) is 124 Å². The van der Waals surface area contributed by atoms with Crippen molar-refractivity contribution in [2.45, 2.75) is 400 Å². The van der Waals surface area contributed by atoms with E-state index in [1.807, 2.05) is 96.9 Å². The van der Waals surface area contributed by atoms with Gasteiger partial charge in [0.05, 0.1) is 49.5 Å². The Morgan fingerprint density at radius 1 is 0.235 bits per heavy atom. The molecule has 0 spiro atoms. The summed E-state index contributed by atoms with van der Waals surface area (Å²) >= 11 is 0. The Labute approximate surface area is 887 Å². The minimum atomic E-state index is -1.57. The Morgan fingerprint density at radius 3 is 0.711 bits per heavy atom. The molecule has 0 saturated carbocycles. The molecule has 25 atom stereocenters. The molecule has 2 saturated heterocycles. The van der Waals surface area contributed by atoms with E-state index < -0.39 is 274 Å². The van der Waals surface area contributed by atoms with Crippen molar-refractivity contribution in [3.05, 3.63) is 0 Å². The summed E-state index contributed by atoms with van der Waals surface area (Å²) in [5.74, 6) is -24.2. The second-order valence-corrected chi connectivity index (χ2v) is 44.9. The zero-order chi connectivity index (χ0) is 114. The average molecular weight is 2110 g/mol. The van der Waals surface area contributed by atoms with Gasteiger partial charge in [0.15, 0.2) is 46.8 Å². The van der Waals surface area contributed by atoms with Gasteiger partial charge in [0, 0.05) is 124 Å². The number of Topliss-reactive ketones (excluding diaryl/α,β-unsaturated/α-hetero) is 9. The lowest BCUT2D eigenvalue weighted by Crippen LogP contribution is -2.56. The van der Waals surface area contributed by atoms with E-state index in [0.29, 0.717) is 38.5 Å². The number of esters is 2. The normalized spacial score (nSPS) is 28.1. The number of cyclic esters (lactones) is 2. The molecule has 2 rings (SSSR count). The summed E-state index contributed by atoms with van der Waals surface area (Å²) in [6.45, 7) is 41.8. The molecule has 0 radical (unpaired) electrons. The molecule has 39 nitrogen and oxygen atoms in total. The standard InChI is InChI=1S/C56H99N7O12.C54H96N8O12/c1-13-34(10)48-29-42(65)24-37(16-19-57)52(70)62-50(35(11)14-2)46(68)26-39(18-21-59)54(72)63-51(36(12)15-3)47(69)27-40(22-31(4)5)44(66)25-38(17-20-58)53(71)61-49(33(8)9)45(67)28-41(23-32(6)7)55(73)60-43(30-64)56(74)75-48;1-13-33(11)45-27-39(64)23-35(15-18-55)49(68)60-46(31(7)8)43(66)25-37(17-20-57)51(70)62-48(34(12)14-2)53(72)58-40(22-30(5)6)42(65)24-36(16-19-56)50(69)61-47(32(9)10)44(67)26-38(21-29(3)4)52(71)59-41(28-63)54(73)74-45/h31-41,43,48-51,64H,13-30,57-59H2,1-12H3,(H,60,73)(H,61,71)(H,62,70)(H,63,72);29-38,40-41,45-48,63H,13-28,55-57H2,1-12H3,(H,58,72)(H,59,71)(H,60,68)(H,61,69)(H,62,70)/t34?,35-,36?,37?,38?,39?,40?,41?,43?,48?,49?,50+,51?;33?,34?,35?,36?,37?,38?,40?,41?,45?,46-,47?,48?/m10/s1. The highest BCUT2D eigenvalue weighted by molar-refractivity contribution is 6.02. The third kappa shape index (κ3) is 48.8. The fourth-order valence-corrected chi connectivity index (χ4v) is 19.0. The molecule has 39 heteroatoms. The van der Waals surface area contributed by atoms with Crippen molar-refractivity contribution in [2.24, 2.45) is 159 Å². The Morgan fingerprint density at radius 2 is 0.450 bits per heavy atom. The number of hydrogen-bond acceptors (Lipinski definition) is 30. The van der Waals surface area contributed by atoms with Crippen LogP contribution in [0.2, 0.25) is 0 Å². The van der Waals surface area contributed by atoms with Crippen molar-refractivity contribution in [3.63, 3.8) is 0 Å². The number of carbonyl (C=O) groups excluding carboxylic acids is 20. The molecular weight excluding hydrogens is 1920 g/mol. The van der Waals surface area contributed by atoms with Crippen LogP contribution in [0.5, 0.6) is 0 Å². The molecule has 2 aliphatic rings. The summed E-state index contributed by atoms with van der Waals surface area (Å²) in [6.07, 6.45) is -1.85. The second kappa shape index (κ2) is 71.7. The molecular formula is C110H195N15O24. The monoisotopic (exact) mass is 2110 g/mol. The topological polar surface area (TPSA) is 665 Å². The molecule has 2 heterocycles. The molecule has 0 bridgehead atoms. The van der Waals surface area contributed by atoms with Gasteiger partial charge >= 0.3 is 11.9 Å². The molecule has 854 valence electrons. The third-order valence-electron chi connectivity index (χ3n) is 29.2. The predicted molar refractivity (Wildman–Crippen MR) is 570 cm³/mol. The van der Waals surface area contributed by atoms with E-state index in [-0.39, 0.29) is 215 Å². The molecule has 0 aliphatic carbocycles. The van der Waals surface area contributed by atoms with Gasteiger partial charge in [-0.25, -0.2) is 9.59 Å². The number of ketones is 9. The number of nitrogens with two attached hydrogens (primary N) is 6. The molecule has 22 unspecified atom stereocenters. The Bertz CT molecular complexity index is 4260. The van der Waals surface area contributed by atoms with Crippen LogP contribution in [0.25, 0.3) is 0 Å². The van der Waals surface area contributed by atoms with Crippen LogP contribution >= 0.6 is 0 Å². The van der Waals surface area contributed by atoms with E-state index in [0.717, 1.165) is 0 Å². The van der Waals surface area contributed by atoms with Crippen molar-refractivity contribution < 1.29 is 116 Å². The second-order valence-electron chi connectivity index (χ2n) is 44.9. The van der Waals surface area contributed by atoms with E-state index in [1.165, 1.54) is 0 Å². The zero-order valence-electron chi connectivity index (χ0n) is 94.4. The number of nitrogens with one attached hydrogen (secondary N) is 9. The van der Waals surface area contributed by atoms with Gasteiger partial charge in [0.2, 0.25) is 53.2 Å². The largest absolute Gasteiger partial charge is 0.460 e. The highest BCUT2D eigenvalue weighted by atomic mass is 16.6. The summed E-state index contributed by atoms with van der Waals surface area (Å²) in [5, 5.41) is 45.8. The van der Waals surface area contributed by atoms with Gasteiger partial charge in [-0.15, -0.1) is 0 Å². The first-order valence-electron chi connectivity index (χ1n) is 55.2. The summed E-state index contributed by atoms with van der Waals surface area (Å²) in [4.78, 5) is 282. The lowest BCUT2D eigenvalue weighted by Gasteiger charge is -2.30. The smallest absolute Gasteiger partial charge is 0.331 e. The van der Waals surface area contributed by atoms with Crippen LogP contribution in [0.3, 0.4) is 0 Å². The average Bonchev–Trinajstić information content (AvgIpc) is 0.997. The highest BCUT2D eigenvalue weighted by Gasteiger charge is 2.45. The van der Waals surface area contributed by atoms with Crippen LogP contribution in [0.4, 0.5) is 0 Å². The fraction of sp³-hybridized carbons (Fsp3) is 0.818. The fourth-order valence-electron chi connectivity index (χ4n) is 19.0. The van der Waals surface area contributed by atoms with Gasteiger partial charge in [-0.3, -0.25) is 86.3 Å². The third-order valence-corrected chi connectivity index (χ3v) is 29.2. The summed E-state index contributed by atoms with van der Waals surface area (Å²) in [6, 6.07) is -10.8. The van der Waals surface area contributed by atoms with Crippen molar-refractivity contribution in [3.8, 4) is 0 Å². The van der Waals surface area contributed by atoms with Crippen molar-refractivity contribution in [1.82, 2.24) is 47.9 Å². The maximum atomic E-state index is 14.4. The van der Waals surface area contributed by atoms with Crippen molar-refractivity contribution in [2.75, 3.05) is 52.5 Å². The Hall–Kier alpha value is -9.12. The van der Waals surface area contributed by atoms with Crippen molar-refractivity contribution in [1.29, 1.82) is 0 Å². The lowest BCUT2D eigenvalue weighted by molar-refractivity contribution is -0.159. The number of hydrogen-bond donors (Lipinski definition) is 17. The molecule has 9 amide bonds. The van der Waals surface area contributed by atoms with Gasteiger partial charge in [-0.05, 0) is 174 Å². The first kappa shape index (κ1) is 138. The first-order chi connectivity index (χ1) is 69.9. The Balaban J connectivity index is 0.00000149. The number of aliphatic hydroxyl groups excluding tert-OH is 2. The molecule has 2 fully saturated rings. The maximum absolute atomic E-state index is 14.4. The summed E-state index contributed by atoms with van der Waals surface area (Å²) in [7, 11) is 0. The number of aliphatic hydroxyl groups is 2.